The van der Waals surface area contributed by atoms with Crippen LogP contribution in [0.2, 0.25) is 0 Å². The van der Waals surface area contributed by atoms with Crippen molar-refractivity contribution in [3.05, 3.63) is 107 Å². The number of azide groups is 1. The summed E-state index contributed by atoms with van der Waals surface area (Å²) in [5.41, 5.74) is 4.44. The smallest absolute Gasteiger partial charge is 0.427 e. The number of amides is 5. The zero-order valence-electron chi connectivity index (χ0n) is 48.1. The summed E-state index contributed by atoms with van der Waals surface area (Å²) in [5, 5.41) is 6.07. The number of carbonyl (C=O) groups is 7. The molecule has 0 saturated carbocycles. The summed E-state index contributed by atoms with van der Waals surface area (Å²) in [7, 11) is 0. The van der Waals surface area contributed by atoms with E-state index in [1.165, 1.54) is 36.7 Å². The van der Waals surface area contributed by atoms with E-state index in [-0.39, 0.29) is 28.6 Å². The van der Waals surface area contributed by atoms with Gasteiger partial charge in [0.2, 0.25) is 11.9 Å². The van der Waals surface area contributed by atoms with Gasteiger partial charge >= 0.3 is 36.6 Å². The molecule has 2 aromatic heterocycles. The molecule has 0 bridgehead atoms. The first-order valence-electron chi connectivity index (χ1n) is 24.7. The van der Waals surface area contributed by atoms with Crippen LogP contribution in [0.1, 0.15) is 135 Å². The molecule has 430 valence electrons. The Morgan fingerprint density at radius 3 is 1.11 bits per heavy atom. The second-order valence-corrected chi connectivity index (χ2v) is 23.5. The average molecular weight is 1120 g/mol. The minimum absolute atomic E-state index is 0.122. The summed E-state index contributed by atoms with van der Waals surface area (Å²) in [5.74, 6) is -3.36. The van der Waals surface area contributed by atoms with Crippen LogP contribution in [0, 0.1) is 11.6 Å². The van der Waals surface area contributed by atoms with Crippen molar-refractivity contribution < 1.29 is 70.8 Å². The molecule has 0 spiro atoms. The molecule has 0 aliphatic rings. The van der Waals surface area contributed by atoms with Gasteiger partial charge in [-0.3, -0.25) is 4.79 Å². The number of hydrogen-bond donors (Lipinski definition) is 1. The van der Waals surface area contributed by atoms with Crippen molar-refractivity contribution in [2.45, 2.75) is 158 Å². The Kier molecular flexibility index (Phi) is 19.4. The minimum atomic E-state index is -1.14. The SMILES string of the molecule is CC(C)(C)OC(=O)N(C(=O)OC(C)(C)C)c1ncc(-c2ccc(N=[N+]=[N-])cc2)n1C(=O)OC(C)(C)C.CC(C)(C)OC(=O)N(C(=O)OC(C)(C)C)c1ncc(-c2ccc(NC(=O)c3cc(F)cc(F)c3)cc2)n1C(=O)OC(C)(C)C. The Morgan fingerprint density at radius 1 is 0.500 bits per heavy atom. The Bertz CT molecular complexity index is 3080. The quantitative estimate of drug-likeness (QED) is 0.0686. The lowest BCUT2D eigenvalue weighted by atomic mass is 10.1. The molecule has 5 rings (SSSR count). The zero-order chi connectivity index (χ0) is 60.7. The van der Waals surface area contributed by atoms with Crippen molar-refractivity contribution >= 4 is 65.7 Å². The Labute approximate surface area is 462 Å². The molecular weight excluding hydrogens is 1050 g/mol. The maximum atomic E-state index is 13.6. The topological polar surface area (TPSA) is 278 Å². The van der Waals surface area contributed by atoms with Crippen molar-refractivity contribution in [3.63, 3.8) is 0 Å². The summed E-state index contributed by atoms with van der Waals surface area (Å²) in [6.45, 7) is 29.4. The molecule has 0 aliphatic heterocycles. The van der Waals surface area contributed by atoms with Crippen LogP contribution in [0.15, 0.2) is 84.2 Å². The molecule has 5 aromatic rings. The van der Waals surface area contributed by atoms with Gasteiger partial charge in [-0.1, -0.05) is 41.5 Å². The number of nitrogens with zero attached hydrogens (tertiary/aromatic N) is 9. The van der Waals surface area contributed by atoms with Crippen LogP contribution < -0.4 is 15.1 Å². The van der Waals surface area contributed by atoms with Crippen LogP contribution in [-0.4, -0.2) is 95.2 Å². The van der Waals surface area contributed by atoms with Gasteiger partial charge in [-0.05, 0) is 154 Å². The molecule has 25 heteroatoms. The molecule has 0 atom stereocenters. The van der Waals surface area contributed by atoms with E-state index < -0.39 is 93.7 Å². The molecule has 0 fully saturated rings. The number of rotatable bonds is 7. The van der Waals surface area contributed by atoms with Gasteiger partial charge in [0.15, 0.2) is 0 Å². The van der Waals surface area contributed by atoms with Gasteiger partial charge in [-0.2, -0.15) is 0 Å². The van der Waals surface area contributed by atoms with Gasteiger partial charge in [0.05, 0.1) is 23.8 Å². The number of aromatic nitrogens is 4. The second kappa shape index (κ2) is 24.4. The van der Waals surface area contributed by atoms with Gasteiger partial charge in [-0.15, -0.1) is 9.80 Å². The lowest BCUT2D eigenvalue weighted by Crippen LogP contribution is -2.45. The third kappa shape index (κ3) is 19.0. The molecule has 5 amide bonds. The van der Waals surface area contributed by atoms with Crippen LogP contribution >= 0.6 is 0 Å². The standard InChI is InChI=1S/C31H36F2N4O7.C24H32N6O6/c1-29(2,3)42-26(39)36-23(17-34-25(36)37(27(40)43-30(4,5)6)28(41)44-31(7,8)9)18-10-12-22(13-11-18)35-24(38)19-14-20(32)16-21(33)15-19;1-22(2,3)34-19(31)29-17(15-10-12-16(13-11-15)27-28-25)14-26-18(29)30(20(32)35-23(4,5)6)21(33)36-24(7,8)9/h10-17H,1-9H3,(H,35,38);10-14H,1-9H3. The third-order valence-corrected chi connectivity index (χ3v) is 9.23. The molecule has 0 radical (unpaired) electrons. The van der Waals surface area contributed by atoms with Crippen LogP contribution in [-0.2, 0) is 28.4 Å². The lowest BCUT2D eigenvalue weighted by Gasteiger charge is -2.28. The summed E-state index contributed by atoms with van der Waals surface area (Å²) in [4.78, 5) is 105. The van der Waals surface area contributed by atoms with E-state index >= 15 is 0 Å². The van der Waals surface area contributed by atoms with Crippen molar-refractivity contribution in [2.24, 2.45) is 5.11 Å². The first kappa shape index (κ1) is 63.7. The fraction of sp³-hybridized carbons (Fsp3) is 0.436. The van der Waals surface area contributed by atoms with E-state index in [1.807, 2.05) is 0 Å². The molecule has 0 saturated heterocycles. The van der Waals surface area contributed by atoms with Gasteiger partial charge in [0, 0.05) is 39.0 Å². The third-order valence-electron chi connectivity index (χ3n) is 9.23. The average Bonchev–Trinajstić information content (AvgIpc) is 3.89. The highest BCUT2D eigenvalue weighted by atomic mass is 19.1. The van der Waals surface area contributed by atoms with Crippen LogP contribution in [0.3, 0.4) is 0 Å². The first-order valence-corrected chi connectivity index (χ1v) is 24.7. The van der Waals surface area contributed by atoms with E-state index in [0.29, 0.717) is 32.7 Å². The van der Waals surface area contributed by atoms with Crippen LogP contribution in [0.25, 0.3) is 33.0 Å². The highest BCUT2D eigenvalue weighted by Gasteiger charge is 2.40. The molecular formula is C55H68F2N10O13. The van der Waals surface area contributed by atoms with E-state index in [0.717, 1.165) is 21.3 Å². The second-order valence-electron chi connectivity index (χ2n) is 23.5. The van der Waals surface area contributed by atoms with Crippen LogP contribution in [0.5, 0.6) is 0 Å². The number of carbonyl (C=O) groups excluding carboxylic acids is 7. The fourth-order valence-electron chi connectivity index (χ4n) is 6.45. The van der Waals surface area contributed by atoms with E-state index in [2.05, 4.69) is 25.3 Å². The number of imide groups is 2. The number of ether oxygens (including phenoxy) is 6. The molecule has 3 aromatic carbocycles. The van der Waals surface area contributed by atoms with Gasteiger partial charge < -0.3 is 33.7 Å². The first-order chi connectivity index (χ1) is 36.5. The monoisotopic (exact) mass is 1110 g/mol. The predicted octanol–water partition coefficient (Wildman–Crippen LogP) is 14.5. The highest BCUT2D eigenvalue weighted by Crippen LogP contribution is 2.33. The van der Waals surface area contributed by atoms with Crippen molar-refractivity contribution in [1.29, 1.82) is 0 Å². The highest BCUT2D eigenvalue weighted by molar-refractivity contribution is 6.10. The summed E-state index contributed by atoms with van der Waals surface area (Å²) >= 11 is 0. The lowest BCUT2D eigenvalue weighted by molar-refractivity contribution is 0.0395. The maximum Gasteiger partial charge on any atom is 0.427 e. The number of imidazole rings is 2. The largest absolute Gasteiger partial charge is 0.443 e. The molecule has 23 nitrogen and oxygen atoms in total. The summed E-state index contributed by atoms with van der Waals surface area (Å²) < 4.78 is 61.9. The number of hydrogen-bond acceptors (Lipinski definition) is 16. The normalized spacial score (nSPS) is 11.8. The summed E-state index contributed by atoms with van der Waals surface area (Å²) in [6.07, 6.45) is -3.73. The summed E-state index contributed by atoms with van der Waals surface area (Å²) in [6, 6.07) is 14.7. The molecule has 2 heterocycles. The van der Waals surface area contributed by atoms with E-state index in [4.69, 9.17) is 34.0 Å². The van der Waals surface area contributed by atoms with Crippen LogP contribution in [0.4, 0.5) is 60.8 Å². The number of anilines is 3. The number of halogens is 2. The van der Waals surface area contributed by atoms with E-state index in [9.17, 15) is 42.3 Å². The Hall–Kier alpha value is -8.86. The molecule has 1 N–H and O–H groups in total. The molecule has 0 unspecified atom stereocenters. The van der Waals surface area contributed by atoms with E-state index in [1.54, 1.807) is 149 Å². The Balaban J connectivity index is 0.000000352. The predicted molar refractivity (Wildman–Crippen MR) is 292 cm³/mol. The van der Waals surface area contributed by atoms with Gasteiger partial charge in [-0.25, -0.2) is 56.7 Å². The van der Waals surface area contributed by atoms with Crippen molar-refractivity contribution in [3.8, 4) is 22.5 Å². The Morgan fingerprint density at radius 2 is 0.812 bits per heavy atom. The minimum Gasteiger partial charge on any atom is -0.443 e. The number of nitrogens with one attached hydrogen (secondary N) is 1. The molecule has 0 aliphatic carbocycles. The zero-order valence-corrected chi connectivity index (χ0v) is 48.1. The van der Waals surface area contributed by atoms with Crippen molar-refractivity contribution in [1.82, 2.24) is 19.1 Å². The maximum absolute atomic E-state index is 13.6. The van der Waals surface area contributed by atoms with Crippen molar-refractivity contribution in [2.75, 3.05) is 15.1 Å². The molecule has 80 heavy (non-hydrogen) atoms. The van der Waals surface area contributed by atoms with Gasteiger partial charge in [0.1, 0.15) is 45.2 Å². The fourth-order valence-corrected chi connectivity index (χ4v) is 6.45. The van der Waals surface area contributed by atoms with Gasteiger partial charge in [0.25, 0.3) is 5.91 Å². The number of benzene rings is 3.